The fourth-order valence-electron chi connectivity index (χ4n) is 4.08. The molecule has 0 radical (unpaired) electrons. The second-order valence-corrected chi connectivity index (χ2v) is 7.71. The summed E-state index contributed by atoms with van der Waals surface area (Å²) in [5.74, 6) is -1.04. The number of aromatic nitrogens is 3. The number of non-ortho nitro benzene ring substituents is 1. The van der Waals surface area contributed by atoms with Crippen LogP contribution < -0.4 is 0 Å². The van der Waals surface area contributed by atoms with Crippen molar-refractivity contribution in [1.82, 2.24) is 15.0 Å². The first-order valence-electron chi connectivity index (χ1n) is 10.4. The van der Waals surface area contributed by atoms with E-state index >= 15 is 0 Å². The molecule has 1 atom stereocenters. The van der Waals surface area contributed by atoms with Crippen molar-refractivity contribution in [1.29, 1.82) is 0 Å². The monoisotopic (exact) mass is 472 g/mol. The average Bonchev–Trinajstić information content (AvgIpc) is 3.23. The molecular weight excluding hydrogens is 453 g/mol. The van der Waals surface area contributed by atoms with Crippen molar-refractivity contribution >= 4 is 17.2 Å². The summed E-state index contributed by atoms with van der Waals surface area (Å²) in [6, 6.07) is 10.4. The Balaban J connectivity index is 1.80. The molecule has 0 saturated heterocycles. The first-order chi connectivity index (χ1) is 16.1. The Morgan fingerprint density at radius 2 is 1.82 bits per heavy atom. The molecule has 0 fully saturated rings. The second-order valence-electron chi connectivity index (χ2n) is 7.71. The van der Waals surface area contributed by atoms with Crippen LogP contribution in [0.25, 0.3) is 11.3 Å². The van der Waals surface area contributed by atoms with Gasteiger partial charge in [-0.15, -0.1) is 5.10 Å². The maximum Gasteiger partial charge on any atom is 0.416 e. The molecule has 1 aromatic heterocycles. The number of fused-ring (bicyclic) bond motifs is 1. The molecule has 8 nitrogen and oxygen atoms in total. The van der Waals surface area contributed by atoms with Gasteiger partial charge < -0.3 is 4.74 Å². The Morgan fingerprint density at radius 1 is 1.18 bits per heavy atom. The fourth-order valence-corrected chi connectivity index (χ4v) is 4.08. The molecule has 34 heavy (non-hydrogen) atoms. The predicted molar refractivity (Wildman–Crippen MR) is 115 cm³/mol. The number of esters is 1. The van der Waals surface area contributed by atoms with E-state index in [1.54, 1.807) is 26.0 Å². The van der Waals surface area contributed by atoms with Crippen molar-refractivity contribution in [2.45, 2.75) is 32.4 Å². The maximum atomic E-state index is 13.0. The molecule has 0 bridgehead atoms. The predicted octanol–water partition coefficient (Wildman–Crippen LogP) is 4.87. The average molecular weight is 472 g/mol. The Bertz CT molecular complexity index is 1280. The van der Waals surface area contributed by atoms with E-state index in [4.69, 9.17) is 4.74 Å². The van der Waals surface area contributed by atoms with Crippen molar-refractivity contribution in [2.75, 3.05) is 6.61 Å². The molecule has 1 aliphatic carbocycles. The van der Waals surface area contributed by atoms with Crippen LogP contribution in [0.1, 0.15) is 42.3 Å². The zero-order valence-corrected chi connectivity index (χ0v) is 18.2. The molecule has 176 valence electrons. The normalized spacial score (nSPS) is 15.7. The van der Waals surface area contributed by atoms with E-state index in [0.717, 1.165) is 12.1 Å². The van der Waals surface area contributed by atoms with Crippen molar-refractivity contribution in [2.24, 2.45) is 0 Å². The molecule has 1 unspecified atom stereocenters. The van der Waals surface area contributed by atoms with Gasteiger partial charge in [0.15, 0.2) is 0 Å². The van der Waals surface area contributed by atoms with Gasteiger partial charge in [0.1, 0.15) is 5.69 Å². The van der Waals surface area contributed by atoms with Crippen molar-refractivity contribution in [3.05, 3.63) is 86.7 Å². The summed E-state index contributed by atoms with van der Waals surface area (Å²) in [6.07, 6.45) is -4.22. The molecule has 1 heterocycles. The maximum absolute atomic E-state index is 13.0. The van der Waals surface area contributed by atoms with E-state index in [1.165, 1.54) is 28.9 Å². The van der Waals surface area contributed by atoms with Crippen LogP contribution in [-0.4, -0.2) is 32.5 Å². The van der Waals surface area contributed by atoms with E-state index < -0.39 is 28.6 Å². The second kappa shape index (κ2) is 8.73. The van der Waals surface area contributed by atoms with Gasteiger partial charge in [0.2, 0.25) is 0 Å². The molecule has 2 aromatic carbocycles. The van der Waals surface area contributed by atoms with Crippen molar-refractivity contribution in [3.63, 3.8) is 0 Å². The number of hydrogen-bond acceptors (Lipinski definition) is 6. The third kappa shape index (κ3) is 4.16. The minimum absolute atomic E-state index is 0.0879. The number of rotatable bonds is 5. The minimum Gasteiger partial charge on any atom is -0.463 e. The molecule has 0 saturated carbocycles. The van der Waals surface area contributed by atoms with Crippen molar-refractivity contribution in [3.8, 4) is 5.69 Å². The third-order valence-electron chi connectivity index (χ3n) is 5.71. The zero-order valence-electron chi connectivity index (χ0n) is 18.2. The Labute approximate surface area is 191 Å². The number of nitro benzene ring substituents is 1. The van der Waals surface area contributed by atoms with Crippen LogP contribution in [0, 0.1) is 10.1 Å². The quantitative estimate of drug-likeness (QED) is 0.298. The molecule has 11 heteroatoms. The number of carbonyl (C=O) groups is 1. The van der Waals surface area contributed by atoms with Gasteiger partial charge in [0, 0.05) is 24.5 Å². The number of benzene rings is 2. The molecule has 0 N–H and O–H groups in total. The van der Waals surface area contributed by atoms with Crippen LogP contribution in [0.4, 0.5) is 18.9 Å². The first-order valence-corrected chi connectivity index (χ1v) is 10.4. The summed E-state index contributed by atoms with van der Waals surface area (Å²) in [5.41, 5.74) is 2.11. The van der Waals surface area contributed by atoms with E-state index in [-0.39, 0.29) is 18.7 Å². The Morgan fingerprint density at radius 3 is 2.38 bits per heavy atom. The smallest absolute Gasteiger partial charge is 0.416 e. The van der Waals surface area contributed by atoms with Gasteiger partial charge >= 0.3 is 12.1 Å². The van der Waals surface area contributed by atoms with Gasteiger partial charge in [-0.1, -0.05) is 17.3 Å². The zero-order chi connectivity index (χ0) is 24.6. The van der Waals surface area contributed by atoms with E-state index in [1.807, 2.05) is 0 Å². The summed E-state index contributed by atoms with van der Waals surface area (Å²) >= 11 is 0. The molecule has 0 aliphatic heterocycles. The van der Waals surface area contributed by atoms with Crippen LogP contribution in [0.3, 0.4) is 0 Å². The van der Waals surface area contributed by atoms with E-state index in [2.05, 4.69) is 10.3 Å². The lowest BCUT2D eigenvalue weighted by Gasteiger charge is -2.26. The van der Waals surface area contributed by atoms with Crippen LogP contribution in [0.15, 0.2) is 54.1 Å². The lowest BCUT2D eigenvalue weighted by Crippen LogP contribution is -2.23. The summed E-state index contributed by atoms with van der Waals surface area (Å²) in [6.45, 7) is 3.55. The highest BCUT2D eigenvalue weighted by molar-refractivity contribution is 5.99. The van der Waals surface area contributed by atoms with Gasteiger partial charge in [-0.05, 0) is 49.2 Å². The van der Waals surface area contributed by atoms with Crippen LogP contribution in [0.2, 0.25) is 0 Å². The number of halogens is 3. The topological polar surface area (TPSA) is 100 Å². The Kier molecular flexibility index (Phi) is 5.94. The summed E-state index contributed by atoms with van der Waals surface area (Å²) in [5, 5.41) is 19.4. The molecule has 3 aromatic rings. The van der Waals surface area contributed by atoms with Crippen LogP contribution in [0.5, 0.6) is 0 Å². The van der Waals surface area contributed by atoms with E-state index in [9.17, 15) is 28.1 Å². The molecule has 0 amide bonds. The summed E-state index contributed by atoms with van der Waals surface area (Å²) in [7, 11) is 0. The largest absolute Gasteiger partial charge is 0.463 e. The number of alkyl halides is 3. The van der Waals surface area contributed by atoms with Crippen molar-refractivity contribution < 1.29 is 27.6 Å². The molecule has 4 rings (SSSR count). The number of nitro groups is 1. The number of ether oxygens (including phenoxy) is 1. The molecular formula is C23H19F3N4O4. The first kappa shape index (κ1) is 23.1. The SMILES string of the molecule is CCOC(=O)C1=C(C)c2nnn(-c3ccc(C(F)(F)F)cc3)c2CC1c1ccc([N+](=O)[O-])cc1. The van der Waals surface area contributed by atoms with Gasteiger partial charge in [-0.2, -0.15) is 13.2 Å². The lowest BCUT2D eigenvalue weighted by molar-refractivity contribution is -0.384. The number of carbonyl (C=O) groups excluding carboxylic acids is 1. The van der Waals surface area contributed by atoms with Gasteiger partial charge in [0.25, 0.3) is 5.69 Å². The van der Waals surface area contributed by atoms with Crippen LogP contribution in [-0.2, 0) is 22.1 Å². The van der Waals surface area contributed by atoms with Gasteiger partial charge in [-0.25, -0.2) is 9.48 Å². The standard InChI is InChI=1S/C23H19F3N4O4/c1-3-34-22(31)20-13(2)21-19(12-18(20)14-4-8-17(9-5-14)30(32)33)29(28-27-21)16-10-6-15(7-11-16)23(24,25)26/h4-11,18H,3,12H2,1-2H3. The summed E-state index contributed by atoms with van der Waals surface area (Å²) < 4.78 is 45.6. The number of nitrogens with zero attached hydrogens (tertiary/aromatic N) is 4. The highest BCUT2D eigenvalue weighted by atomic mass is 19.4. The fraction of sp³-hybridized carbons (Fsp3) is 0.261. The van der Waals surface area contributed by atoms with Gasteiger partial charge in [-0.3, -0.25) is 10.1 Å². The minimum atomic E-state index is -4.46. The molecule has 1 aliphatic rings. The lowest BCUT2D eigenvalue weighted by atomic mass is 9.79. The number of hydrogen-bond donors (Lipinski definition) is 0. The summed E-state index contributed by atoms with van der Waals surface area (Å²) in [4.78, 5) is 23.4. The highest BCUT2D eigenvalue weighted by Crippen LogP contribution is 2.41. The number of allylic oxidation sites excluding steroid dienone is 1. The van der Waals surface area contributed by atoms with E-state index in [0.29, 0.717) is 33.8 Å². The van der Waals surface area contributed by atoms with Crippen LogP contribution >= 0.6 is 0 Å². The third-order valence-corrected chi connectivity index (χ3v) is 5.71. The van der Waals surface area contributed by atoms with Gasteiger partial charge in [0.05, 0.1) is 34.0 Å². The Hall–Kier alpha value is -4.02. The molecule has 0 spiro atoms. The highest BCUT2D eigenvalue weighted by Gasteiger charge is 2.36.